The molecule has 162 valence electrons. The highest BCUT2D eigenvalue weighted by atomic mass is 127. The number of methoxy groups -OCH3 is 1. The van der Waals surface area contributed by atoms with E-state index < -0.39 is 10.8 Å². The van der Waals surface area contributed by atoms with Gasteiger partial charge in [-0.3, -0.25) is 4.21 Å². The number of nitrogens with zero attached hydrogens (tertiary/aromatic N) is 1. The summed E-state index contributed by atoms with van der Waals surface area (Å²) in [5.74, 6) is 2.14. The molecular formula is C20H36IN3O3S. The van der Waals surface area contributed by atoms with Gasteiger partial charge in [-0.25, -0.2) is 4.99 Å². The second kappa shape index (κ2) is 14.2. The van der Waals surface area contributed by atoms with Crippen molar-refractivity contribution < 1.29 is 13.7 Å². The van der Waals surface area contributed by atoms with Crippen molar-refractivity contribution in [3.05, 3.63) is 29.3 Å². The second-order valence-electron chi connectivity index (χ2n) is 7.24. The number of aliphatic imine (C=N–C) groups is 1. The fourth-order valence-electron chi connectivity index (χ4n) is 2.24. The first kappa shape index (κ1) is 27.1. The molecule has 0 amide bonds. The summed E-state index contributed by atoms with van der Waals surface area (Å²) < 4.78 is 22.8. The summed E-state index contributed by atoms with van der Waals surface area (Å²) in [6, 6.07) is 6.12. The molecule has 6 nitrogen and oxygen atoms in total. The Morgan fingerprint density at radius 1 is 1.21 bits per heavy atom. The molecule has 0 saturated heterocycles. The molecule has 1 atom stereocenters. The quantitative estimate of drug-likeness (QED) is 0.213. The number of ether oxygens (including phenoxy) is 2. The van der Waals surface area contributed by atoms with Gasteiger partial charge in [0.25, 0.3) is 0 Å². The fraction of sp³-hybridized carbons (Fsp3) is 0.650. The van der Waals surface area contributed by atoms with E-state index in [2.05, 4.69) is 21.7 Å². The van der Waals surface area contributed by atoms with Crippen LogP contribution in [-0.4, -0.2) is 54.1 Å². The Bertz CT molecular complexity index is 634. The van der Waals surface area contributed by atoms with Gasteiger partial charge >= 0.3 is 0 Å². The van der Waals surface area contributed by atoms with Gasteiger partial charge < -0.3 is 20.1 Å². The zero-order chi connectivity index (χ0) is 20.3. The summed E-state index contributed by atoms with van der Waals surface area (Å²) in [5.41, 5.74) is 2.16. The minimum atomic E-state index is -0.886. The molecule has 0 aliphatic heterocycles. The van der Waals surface area contributed by atoms with Gasteiger partial charge in [0.1, 0.15) is 12.4 Å². The van der Waals surface area contributed by atoms with Gasteiger partial charge in [0, 0.05) is 47.1 Å². The lowest BCUT2D eigenvalue weighted by atomic mass is 10.1. The Kier molecular flexibility index (Phi) is 13.7. The van der Waals surface area contributed by atoms with Gasteiger partial charge in [0.15, 0.2) is 5.96 Å². The maximum Gasteiger partial charge on any atom is 0.191 e. The summed E-state index contributed by atoms with van der Waals surface area (Å²) in [4.78, 5) is 4.65. The van der Waals surface area contributed by atoms with Crippen molar-refractivity contribution in [3.8, 4) is 5.75 Å². The van der Waals surface area contributed by atoms with Gasteiger partial charge in [-0.15, -0.1) is 24.0 Å². The van der Waals surface area contributed by atoms with Crippen molar-refractivity contribution >= 4 is 40.7 Å². The van der Waals surface area contributed by atoms with Gasteiger partial charge in [-0.05, 0) is 46.2 Å². The van der Waals surface area contributed by atoms with Gasteiger partial charge in [0.05, 0.1) is 13.2 Å². The third-order valence-electron chi connectivity index (χ3n) is 3.78. The van der Waals surface area contributed by atoms with Crippen LogP contribution in [0.5, 0.6) is 5.75 Å². The van der Waals surface area contributed by atoms with E-state index >= 15 is 0 Å². The van der Waals surface area contributed by atoms with Crippen molar-refractivity contribution in [1.29, 1.82) is 0 Å². The summed E-state index contributed by atoms with van der Waals surface area (Å²) in [6.07, 6.45) is 0. The SMILES string of the molecule is CCNC(=NCc1ccc(C)cc1OCCOC)NCCS(=O)C(C)(C)C.I. The number of nitrogens with one attached hydrogen (secondary N) is 2. The molecule has 0 aliphatic carbocycles. The van der Waals surface area contributed by atoms with E-state index in [-0.39, 0.29) is 28.7 Å². The van der Waals surface area contributed by atoms with Crippen LogP contribution in [0.4, 0.5) is 0 Å². The van der Waals surface area contributed by atoms with E-state index in [0.717, 1.165) is 23.4 Å². The summed E-state index contributed by atoms with van der Waals surface area (Å²) in [7, 11) is 0.773. The van der Waals surface area contributed by atoms with Crippen LogP contribution >= 0.6 is 24.0 Å². The molecule has 0 spiro atoms. The number of rotatable bonds is 10. The second-order valence-corrected chi connectivity index (χ2v) is 9.56. The Balaban J connectivity index is 0.00000729. The van der Waals surface area contributed by atoms with E-state index in [0.29, 0.717) is 38.0 Å². The highest BCUT2D eigenvalue weighted by Crippen LogP contribution is 2.21. The Morgan fingerprint density at radius 2 is 1.93 bits per heavy atom. The topological polar surface area (TPSA) is 72.0 Å². The number of aryl methyl sites for hydroxylation is 1. The molecule has 1 aromatic rings. The summed E-state index contributed by atoms with van der Waals surface area (Å²) in [6.45, 7) is 13.0. The third kappa shape index (κ3) is 10.6. The van der Waals surface area contributed by atoms with Crippen LogP contribution in [0.2, 0.25) is 0 Å². The Labute approximate surface area is 189 Å². The molecule has 0 fully saturated rings. The van der Waals surface area contributed by atoms with Crippen LogP contribution in [0.25, 0.3) is 0 Å². The minimum absolute atomic E-state index is 0. The smallest absolute Gasteiger partial charge is 0.191 e. The lowest BCUT2D eigenvalue weighted by molar-refractivity contribution is 0.146. The van der Waals surface area contributed by atoms with Crippen molar-refractivity contribution in [1.82, 2.24) is 10.6 Å². The van der Waals surface area contributed by atoms with Crippen molar-refractivity contribution in [2.45, 2.75) is 45.9 Å². The molecule has 0 heterocycles. The molecule has 0 bridgehead atoms. The predicted molar refractivity (Wildman–Crippen MR) is 130 cm³/mol. The molecule has 8 heteroatoms. The molecule has 0 radical (unpaired) electrons. The van der Waals surface area contributed by atoms with E-state index in [1.165, 1.54) is 0 Å². The molecule has 1 aromatic carbocycles. The average molecular weight is 525 g/mol. The molecule has 0 aliphatic rings. The molecule has 1 rings (SSSR count). The number of halogens is 1. The predicted octanol–water partition coefficient (Wildman–Crippen LogP) is 3.24. The van der Waals surface area contributed by atoms with Crippen LogP contribution in [0.3, 0.4) is 0 Å². The summed E-state index contributed by atoms with van der Waals surface area (Å²) >= 11 is 0. The maximum atomic E-state index is 12.2. The Morgan fingerprint density at radius 3 is 2.54 bits per heavy atom. The number of guanidine groups is 1. The fourth-order valence-corrected chi connectivity index (χ4v) is 3.14. The van der Waals surface area contributed by atoms with Gasteiger partial charge in [0.2, 0.25) is 0 Å². The zero-order valence-corrected chi connectivity index (χ0v) is 21.1. The molecule has 0 saturated carbocycles. The van der Waals surface area contributed by atoms with E-state index in [9.17, 15) is 4.21 Å². The van der Waals surface area contributed by atoms with E-state index in [1.54, 1.807) is 7.11 Å². The highest BCUT2D eigenvalue weighted by Gasteiger charge is 2.18. The number of hydrogen-bond donors (Lipinski definition) is 2. The molecule has 1 unspecified atom stereocenters. The first-order chi connectivity index (χ1) is 12.8. The lowest BCUT2D eigenvalue weighted by Crippen LogP contribution is -2.40. The first-order valence-corrected chi connectivity index (χ1v) is 10.7. The van der Waals surface area contributed by atoms with Crippen LogP contribution in [0.1, 0.15) is 38.8 Å². The van der Waals surface area contributed by atoms with E-state index in [4.69, 9.17) is 9.47 Å². The van der Waals surface area contributed by atoms with Crippen LogP contribution in [-0.2, 0) is 22.1 Å². The average Bonchev–Trinajstić information content (AvgIpc) is 2.60. The van der Waals surface area contributed by atoms with Gasteiger partial charge in [-0.2, -0.15) is 0 Å². The van der Waals surface area contributed by atoms with Crippen LogP contribution in [0, 0.1) is 6.92 Å². The molecule has 2 N–H and O–H groups in total. The van der Waals surface area contributed by atoms with E-state index in [1.807, 2.05) is 46.8 Å². The molecule has 28 heavy (non-hydrogen) atoms. The largest absolute Gasteiger partial charge is 0.491 e. The molecular weight excluding hydrogens is 489 g/mol. The molecule has 0 aromatic heterocycles. The third-order valence-corrected chi connectivity index (χ3v) is 5.72. The zero-order valence-electron chi connectivity index (χ0n) is 18.0. The Hall–Kier alpha value is -0.870. The van der Waals surface area contributed by atoms with Gasteiger partial charge in [-0.1, -0.05) is 12.1 Å². The van der Waals surface area contributed by atoms with Crippen LogP contribution in [0.15, 0.2) is 23.2 Å². The monoisotopic (exact) mass is 525 g/mol. The van der Waals surface area contributed by atoms with Crippen LogP contribution < -0.4 is 15.4 Å². The lowest BCUT2D eigenvalue weighted by Gasteiger charge is -2.18. The standard InChI is InChI=1S/C20H35N3O3S.HI/c1-7-21-19(22-10-13-27(24)20(3,4)5)23-15-17-9-8-16(2)14-18(17)26-12-11-25-6;/h8-9,14H,7,10-13,15H2,1-6H3,(H2,21,22,23);1H. The van der Waals surface area contributed by atoms with Crippen molar-refractivity contribution in [2.24, 2.45) is 4.99 Å². The van der Waals surface area contributed by atoms with Crippen molar-refractivity contribution in [3.63, 3.8) is 0 Å². The number of hydrogen-bond acceptors (Lipinski definition) is 4. The maximum absolute atomic E-state index is 12.2. The number of benzene rings is 1. The van der Waals surface area contributed by atoms with Crippen molar-refractivity contribution in [2.75, 3.05) is 39.2 Å². The normalized spacial score (nSPS) is 12.9. The first-order valence-electron chi connectivity index (χ1n) is 9.39. The summed E-state index contributed by atoms with van der Waals surface area (Å²) in [5, 5.41) is 6.49. The minimum Gasteiger partial charge on any atom is -0.491 e. The highest BCUT2D eigenvalue weighted by molar-refractivity contribution is 14.0.